The molecule has 4 nitrogen and oxygen atoms in total. The van der Waals surface area contributed by atoms with E-state index in [-0.39, 0.29) is 0 Å². The van der Waals surface area contributed by atoms with Gasteiger partial charge in [0.2, 0.25) is 0 Å². The quantitative estimate of drug-likeness (QED) is 0.624. The molecule has 2 aromatic rings. The minimum absolute atomic E-state index is 0.637. The van der Waals surface area contributed by atoms with Crippen molar-refractivity contribution < 1.29 is 0 Å². The van der Waals surface area contributed by atoms with E-state index in [9.17, 15) is 0 Å². The van der Waals surface area contributed by atoms with Gasteiger partial charge in [0.05, 0.1) is 18.6 Å². The van der Waals surface area contributed by atoms with Crippen LogP contribution in [0.15, 0.2) is 24.8 Å². The van der Waals surface area contributed by atoms with Crippen molar-refractivity contribution in [1.29, 1.82) is 0 Å². The fourth-order valence-corrected chi connectivity index (χ4v) is 0.673. The molecule has 2 heterocycles. The van der Waals surface area contributed by atoms with Crippen LogP contribution in [-0.2, 0) is 0 Å². The zero-order valence-corrected chi connectivity index (χ0v) is 8.60. The summed E-state index contributed by atoms with van der Waals surface area (Å²) in [6, 6.07) is 0. The van der Waals surface area contributed by atoms with Crippen molar-refractivity contribution in [2.24, 2.45) is 0 Å². The van der Waals surface area contributed by atoms with Gasteiger partial charge in [-0.2, -0.15) is 5.10 Å². The van der Waals surface area contributed by atoms with Gasteiger partial charge in [-0.15, -0.1) is 0 Å². The van der Waals surface area contributed by atoms with Gasteiger partial charge in [0, 0.05) is 6.20 Å². The number of imidazole rings is 1. The minimum atomic E-state index is 0.637. The molecule has 2 aromatic heterocycles. The fourth-order valence-electron chi connectivity index (χ4n) is 0.673. The highest BCUT2D eigenvalue weighted by Gasteiger charge is 1.88. The van der Waals surface area contributed by atoms with E-state index in [0.717, 1.165) is 0 Å². The molecule has 0 fully saturated rings. The number of nitrogens with zero attached hydrogens (tertiary/aromatic N) is 4. The topological polar surface area (TPSA) is 43.1 Å². The molecule has 0 amide bonds. The van der Waals surface area contributed by atoms with Crippen molar-refractivity contribution in [3.05, 3.63) is 24.8 Å². The Labute approximate surface area is 78.6 Å². The summed E-state index contributed by atoms with van der Waals surface area (Å²) in [4.78, 5) is 7.84. The summed E-state index contributed by atoms with van der Waals surface area (Å²) in [5.41, 5.74) is 0. The average molecular weight is 180 g/mol. The molecule has 72 valence electrons. The lowest BCUT2D eigenvalue weighted by Crippen LogP contribution is -1.89. The summed E-state index contributed by atoms with van der Waals surface area (Å²) in [5.74, 6) is 0.637. The highest BCUT2D eigenvalue weighted by atomic mass is 15.3. The van der Waals surface area contributed by atoms with Crippen molar-refractivity contribution in [2.45, 2.75) is 27.7 Å². The summed E-state index contributed by atoms with van der Waals surface area (Å²) in [6.07, 6.45) is 6.65. The first-order valence-corrected chi connectivity index (χ1v) is 4.57. The number of hydrogen-bond donors (Lipinski definition) is 0. The highest BCUT2D eigenvalue weighted by molar-refractivity contribution is 5.22. The van der Waals surface area contributed by atoms with Crippen molar-refractivity contribution >= 4 is 5.78 Å². The predicted molar refractivity (Wildman–Crippen MR) is 53.5 cm³/mol. The second-order valence-corrected chi connectivity index (χ2v) is 1.61. The van der Waals surface area contributed by atoms with E-state index in [2.05, 4.69) is 15.1 Å². The molecule has 0 saturated carbocycles. The van der Waals surface area contributed by atoms with Crippen molar-refractivity contribution in [2.75, 3.05) is 0 Å². The summed E-state index contributed by atoms with van der Waals surface area (Å²) in [7, 11) is 0. The maximum Gasteiger partial charge on any atom is 0.250 e. The molecule has 0 bridgehead atoms. The van der Waals surface area contributed by atoms with E-state index in [0.29, 0.717) is 5.78 Å². The third kappa shape index (κ3) is 3.19. The molecule has 0 atom stereocenters. The third-order valence-corrected chi connectivity index (χ3v) is 1.05. The van der Waals surface area contributed by atoms with Crippen LogP contribution < -0.4 is 0 Å². The molecule has 0 aliphatic rings. The van der Waals surface area contributed by atoms with Crippen LogP contribution in [0, 0.1) is 0 Å². The summed E-state index contributed by atoms with van der Waals surface area (Å²) < 4.78 is 1.61. The third-order valence-electron chi connectivity index (χ3n) is 1.05. The van der Waals surface area contributed by atoms with Gasteiger partial charge in [0.1, 0.15) is 0 Å². The number of fused-ring (bicyclic) bond motifs is 1. The van der Waals surface area contributed by atoms with E-state index in [1.54, 1.807) is 29.3 Å². The SMILES string of the molecule is CC.CC.c1cnn2ccnc2n1. The molecule has 0 aliphatic carbocycles. The molecule has 13 heavy (non-hydrogen) atoms. The lowest BCUT2D eigenvalue weighted by molar-refractivity contribution is 0.902. The summed E-state index contributed by atoms with van der Waals surface area (Å²) in [6.45, 7) is 8.00. The second-order valence-electron chi connectivity index (χ2n) is 1.61. The van der Waals surface area contributed by atoms with Gasteiger partial charge < -0.3 is 0 Å². The molecule has 0 aromatic carbocycles. The van der Waals surface area contributed by atoms with Crippen LogP contribution in [0.3, 0.4) is 0 Å². The number of hydrogen-bond acceptors (Lipinski definition) is 3. The number of aromatic nitrogens is 4. The van der Waals surface area contributed by atoms with E-state index >= 15 is 0 Å². The van der Waals surface area contributed by atoms with Gasteiger partial charge >= 0.3 is 0 Å². The standard InChI is InChI=1S/C5H4N4.2C2H6/c1-2-8-9-4-3-7-5(9)6-1;2*1-2/h1-4H;2*1-2H3. The zero-order chi connectivity index (χ0) is 10.1. The molecule has 2 rings (SSSR count). The Morgan fingerprint density at radius 1 is 0.923 bits per heavy atom. The first-order valence-electron chi connectivity index (χ1n) is 4.57. The Kier molecular flexibility index (Phi) is 6.41. The largest absolute Gasteiger partial charge is 0.250 e. The van der Waals surface area contributed by atoms with Gasteiger partial charge in [-0.25, -0.2) is 14.5 Å². The average Bonchev–Trinajstić information content (AvgIpc) is 2.71. The predicted octanol–water partition coefficient (Wildman–Crippen LogP) is 2.18. The van der Waals surface area contributed by atoms with Crippen LogP contribution in [0.1, 0.15) is 27.7 Å². The number of rotatable bonds is 0. The maximum absolute atomic E-state index is 3.93. The van der Waals surface area contributed by atoms with Crippen LogP contribution in [0.25, 0.3) is 5.78 Å². The van der Waals surface area contributed by atoms with Crippen LogP contribution in [-0.4, -0.2) is 19.6 Å². The molecule has 0 saturated heterocycles. The first-order chi connectivity index (χ1) is 6.47. The highest BCUT2D eigenvalue weighted by Crippen LogP contribution is 1.88. The van der Waals surface area contributed by atoms with E-state index in [1.807, 2.05) is 27.7 Å². The van der Waals surface area contributed by atoms with Gasteiger partial charge in [-0.05, 0) is 0 Å². The van der Waals surface area contributed by atoms with Gasteiger partial charge in [0.25, 0.3) is 5.78 Å². The van der Waals surface area contributed by atoms with Gasteiger partial charge in [-0.3, -0.25) is 0 Å². The molecule has 0 radical (unpaired) electrons. The Hall–Kier alpha value is -1.45. The smallest absolute Gasteiger partial charge is 0.218 e. The van der Waals surface area contributed by atoms with Crippen LogP contribution in [0.2, 0.25) is 0 Å². The molecular formula is C9H16N4. The molecule has 4 heteroatoms. The lowest BCUT2D eigenvalue weighted by Gasteiger charge is -1.84. The molecular weight excluding hydrogens is 164 g/mol. The monoisotopic (exact) mass is 180 g/mol. The van der Waals surface area contributed by atoms with E-state index in [4.69, 9.17) is 0 Å². The Bertz CT molecular complexity index is 286. The molecule has 0 spiro atoms. The summed E-state index contributed by atoms with van der Waals surface area (Å²) in [5, 5.41) is 3.93. The Morgan fingerprint density at radius 2 is 1.54 bits per heavy atom. The first kappa shape index (κ1) is 11.6. The van der Waals surface area contributed by atoms with Crippen molar-refractivity contribution in [3.8, 4) is 0 Å². The van der Waals surface area contributed by atoms with Gasteiger partial charge in [0.15, 0.2) is 0 Å². The van der Waals surface area contributed by atoms with Gasteiger partial charge in [-0.1, -0.05) is 27.7 Å². The van der Waals surface area contributed by atoms with E-state index in [1.165, 1.54) is 0 Å². The van der Waals surface area contributed by atoms with Crippen LogP contribution in [0.4, 0.5) is 0 Å². The Balaban J connectivity index is 0.000000322. The lowest BCUT2D eigenvalue weighted by atomic mass is 10.9. The second kappa shape index (κ2) is 7.21. The van der Waals surface area contributed by atoms with Crippen LogP contribution in [0.5, 0.6) is 0 Å². The molecule has 0 aliphatic heterocycles. The molecule has 0 unspecified atom stereocenters. The normalized spacial score (nSPS) is 8.00. The zero-order valence-electron chi connectivity index (χ0n) is 8.60. The van der Waals surface area contributed by atoms with Crippen molar-refractivity contribution in [3.63, 3.8) is 0 Å². The Morgan fingerprint density at radius 3 is 2.15 bits per heavy atom. The summed E-state index contributed by atoms with van der Waals surface area (Å²) >= 11 is 0. The van der Waals surface area contributed by atoms with Crippen LogP contribution >= 0.6 is 0 Å². The van der Waals surface area contributed by atoms with E-state index < -0.39 is 0 Å². The molecule has 0 N–H and O–H groups in total. The fraction of sp³-hybridized carbons (Fsp3) is 0.444. The minimum Gasteiger partial charge on any atom is -0.218 e. The van der Waals surface area contributed by atoms with Crippen molar-refractivity contribution in [1.82, 2.24) is 19.6 Å². The maximum atomic E-state index is 3.93.